The monoisotopic (exact) mass is 344 g/mol. The summed E-state index contributed by atoms with van der Waals surface area (Å²) in [4.78, 5) is 14.4. The van der Waals surface area contributed by atoms with Crippen LogP contribution in [-0.2, 0) is 16.1 Å². The van der Waals surface area contributed by atoms with Gasteiger partial charge < -0.3 is 15.0 Å². The molecule has 0 radical (unpaired) electrons. The Hall–Kier alpha value is -0.750. The Balaban J connectivity index is 0.00000242. The number of methoxy groups -OCH3 is 1. The van der Waals surface area contributed by atoms with Crippen LogP contribution in [0.15, 0.2) is 30.3 Å². The minimum Gasteiger partial charge on any atom is -0.383 e. The van der Waals surface area contributed by atoms with E-state index in [0.717, 1.165) is 23.6 Å². The van der Waals surface area contributed by atoms with Crippen molar-refractivity contribution < 1.29 is 9.53 Å². The van der Waals surface area contributed by atoms with E-state index in [4.69, 9.17) is 4.74 Å². The minimum atomic E-state index is 0. The van der Waals surface area contributed by atoms with Crippen LogP contribution in [0.1, 0.15) is 12.0 Å². The molecule has 0 spiro atoms. The number of nitrogens with one attached hydrogen (secondary N) is 1. The Kier molecular flexibility index (Phi) is 9.55. The van der Waals surface area contributed by atoms with Crippen molar-refractivity contribution in [1.29, 1.82) is 0 Å². The molecule has 1 N–H and O–H groups in total. The predicted molar refractivity (Wildman–Crippen MR) is 94.7 cm³/mol. The van der Waals surface area contributed by atoms with Crippen LogP contribution in [0, 0.1) is 0 Å². The van der Waals surface area contributed by atoms with Gasteiger partial charge in [0.15, 0.2) is 0 Å². The van der Waals surface area contributed by atoms with E-state index in [1.165, 1.54) is 0 Å². The van der Waals surface area contributed by atoms with Gasteiger partial charge in [-0.25, -0.2) is 0 Å². The van der Waals surface area contributed by atoms with Gasteiger partial charge in [-0.2, -0.15) is 11.8 Å². The molecule has 0 saturated carbocycles. The second-order valence-corrected chi connectivity index (χ2v) is 6.37. The first kappa shape index (κ1) is 19.3. The zero-order chi connectivity index (χ0) is 14.9. The zero-order valence-electron chi connectivity index (χ0n) is 13.0. The smallest absolute Gasteiger partial charge is 0.224 e. The van der Waals surface area contributed by atoms with Crippen LogP contribution in [0.4, 0.5) is 0 Å². The molecule has 0 aliphatic carbocycles. The minimum absolute atomic E-state index is 0. The standard InChI is InChI=1S/C16H24N2O2S.ClH/c1-20-9-8-18(12-14-5-3-2-4-6-14)16(19)11-15-13-21-10-7-17-15;/h2-6,15,17H,7-13H2,1H3;1H. The number of ether oxygens (including phenoxy) is 1. The van der Waals surface area contributed by atoms with Gasteiger partial charge in [0.05, 0.1) is 6.61 Å². The Labute approximate surface area is 143 Å². The van der Waals surface area contributed by atoms with E-state index in [2.05, 4.69) is 17.4 Å². The van der Waals surface area contributed by atoms with E-state index in [-0.39, 0.29) is 18.3 Å². The molecule has 22 heavy (non-hydrogen) atoms. The number of halogens is 1. The maximum absolute atomic E-state index is 12.5. The molecule has 1 amide bonds. The molecule has 1 aliphatic heterocycles. The molecule has 1 unspecified atom stereocenters. The Morgan fingerprint density at radius 2 is 2.18 bits per heavy atom. The largest absolute Gasteiger partial charge is 0.383 e. The van der Waals surface area contributed by atoms with E-state index in [0.29, 0.717) is 32.2 Å². The summed E-state index contributed by atoms with van der Waals surface area (Å²) in [6.07, 6.45) is 0.573. The number of carbonyl (C=O) groups excluding carboxylic acids is 1. The van der Waals surface area contributed by atoms with E-state index < -0.39 is 0 Å². The molecule has 2 rings (SSSR count). The van der Waals surface area contributed by atoms with Gasteiger partial charge in [0, 0.05) is 50.7 Å². The van der Waals surface area contributed by atoms with Crippen LogP contribution < -0.4 is 5.32 Å². The average Bonchev–Trinajstić information content (AvgIpc) is 2.53. The lowest BCUT2D eigenvalue weighted by molar-refractivity contribution is -0.132. The molecule has 124 valence electrons. The zero-order valence-corrected chi connectivity index (χ0v) is 14.6. The molecular formula is C16H25ClN2O2S. The number of carbonyl (C=O) groups is 1. The summed E-state index contributed by atoms with van der Waals surface area (Å²) < 4.78 is 5.14. The first-order valence-electron chi connectivity index (χ1n) is 7.41. The number of rotatable bonds is 7. The fraction of sp³-hybridized carbons (Fsp3) is 0.562. The SMILES string of the molecule is COCCN(Cc1ccccc1)C(=O)CC1CSCCN1.Cl. The normalized spacial score (nSPS) is 17.6. The van der Waals surface area contributed by atoms with Crippen molar-refractivity contribution in [2.45, 2.75) is 19.0 Å². The second kappa shape index (κ2) is 10.9. The molecule has 0 aromatic heterocycles. The fourth-order valence-electron chi connectivity index (χ4n) is 2.39. The first-order chi connectivity index (χ1) is 10.3. The van der Waals surface area contributed by atoms with Crippen molar-refractivity contribution in [3.63, 3.8) is 0 Å². The molecule has 1 aromatic rings. The van der Waals surface area contributed by atoms with Crippen molar-refractivity contribution in [2.75, 3.05) is 38.3 Å². The van der Waals surface area contributed by atoms with Gasteiger partial charge in [0.25, 0.3) is 0 Å². The molecule has 6 heteroatoms. The number of thioether (sulfide) groups is 1. The van der Waals surface area contributed by atoms with Crippen LogP contribution in [0.2, 0.25) is 0 Å². The van der Waals surface area contributed by atoms with E-state index in [1.807, 2.05) is 34.9 Å². The lowest BCUT2D eigenvalue weighted by Crippen LogP contribution is -2.43. The number of nitrogens with zero attached hydrogens (tertiary/aromatic N) is 1. The van der Waals surface area contributed by atoms with Crippen molar-refractivity contribution >= 4 is 30.1 Å². The number of amides is 1. The summed E-state index contributed by atoms with van der Waals surface area (Å²) >= 11 is 1.92. The van der Waals surface area contributed by atoms with Crippen molar-refractivity contribution in [3.05, 3.63) is 35.9 Å². The maximum Gasteiger partial charge on any atom is 0.224 e. The van der Waals surface area contributed by atoms with Gasteiger partial charge in [-0.15, -0.1) is 12.4 Å². The van der Waals surface area contributed by atoms with Gasteiger partial charge in [-0.3, -0.25) is 4.79 Å². The maximum atomic E-state index is 12.5. The topological polar surface area (TPSA) is 41.6 Å². The summed E-state index contributed by atoms with van der Waals surface area (Å²) in [6, 6.07) is 10.4. The molecule has 4 nitrogen and oxygen atoms in total. The van der Waals surface area contributed by atoms with Crippen molar-refractivity contribution in [1.82, 2.24) is 10.2 Å². The second-order valence-electron chi connectivity index (χ2n) is 5.22. The number of hydrogen-bond donors (Lipinski definition) is 1. The summed E-state index contributed by atoms with van der Waals surface area (Å²) in [7, 11) is 1.67. The number of benzene rings is 1. The molecule has 1 aliphatic rings. The molecule has 1 heterocycles. The van der Waals surface area contributed by atoms with E-state index >= 15 is 0 Å². The summed E-state index contributed by atoms with van der Waals surface area (Å²) in [5.74, 6) is 2.37. The summed E-state index contributed by atoms with van der Waals surface area (Å²) in [6.45, 7) is 2.87. The quantitative estimate of drug-likeness (QED) is 0.823. The van der Waals surface area contributed by atoms with E-state index in [9.17, 15) is 4.79 Å². The molecule has 1 aromatic carbocycles. The fourth-order valence-corrected chi connectivity index (χ4v) is 3.34. The third-order valence-electron chi connectivity index (χ3n) is 3.55. The molecule has 0 bridgehead atoms. The van der Waals surface area contributed by atoms with Crippen molar-refractivity contribution in [3.8, 4) is 0 Å². The highest BCUT2D eigenvalue weighted by atomic mass is 35.5. The third kappa shape index (κ3) is 6.57. The van der Waals surface area contributed by atoms with Crippen LogP contribution >= 0.6 is 24.2 Å². The summed E-state index contributed by atoms with van der Waals surface area (Å²) in [5.41, 5.74) is 1.16. The van der Waals surface area contributed by atoms with Crippen LogP contribution in [0.3, 0.4) is 0 Å². The van der Waals surface area contributed by atoms with Gasteiger partial charge in [-0.05, 0) is 5.56 Å². The Bertz CT molecular complexity index is 427. The highest BCUT2D eigenvalue weighted by Crippen LogP contribution is 2.13. The molecule has 1 atom stereocenters. The highest BCUT2D eigenvalue weighted by molar-refractivity contribution is 7.99. The van der Waals surface area contributed by atoms with Gasteiger partial charge in [-0.1, -0.05) is 30.3 Å². The van der Waals surface area contributed by atoms with Crippen LogP contribution in [0.25, 0.3) is 0 Å². The first-order valence-corrected chi connectivity index (χ1v) is 8.57. The Morgan fingerprint density at radius 1 is 1.41 bits per heavy atom. The molecule has 1 fully saturated rings. The van der Waals surface area contributed by atoms with Crippen LogP contribution in [0.5, 0.6) is 0 Å². The van der Waals surface area contributed by atoms with Gasteiger partial charge >= 0.3 is 0 Å². The predicted octanol–water partition coefficient (Wildman–Crippen LogP) is 2.18. The van der Waals surface area contributed by atoms with Crippen molar-refractivity contribution in [2.24, 2.45) is 0 Å². The molecular weight excluding hydrogens is 320 g/mol. The van der Waals surface area contributed by atoms with Crippen LogP contribution in [-0.4, -0.2) is 55.2 Å². The van der Waals surface area contributed by atoms with E-state index in [1.54, 1.807) is 7.11 Å². The van der Waals surface area contributed by atoms with Gasteiger partial charge in [0.1, 0.15) is 0 Å². The number of hydrogen-bond acceptors (Lipinski definition) is 4. The average molecular weight is 345 g/mol. The lowest BCUT2D eigenvalue weighted by atomic mass is 10.1. The summed E-state index contributed by atoms with van der Waals surface area (Å²) in [5, 5.41) is 3.43. The highest BCUT2D eigenvalue weighted by Gasteiger charge is 2.21. The molecule has 1 saturated heterocycles. The lowest BCUT2D eigenvalue weighted by Gasteiger charge is -2.27. The third-order valence-corrected chi connectivity index (χ3v) is 4.68. The van der Waals surface area contributed by atoms with Gasteiger partial charge in [0.2, 0.25) is 5.91 Å². The Morgan fingerprint density at radius 3 is 2.82 bits per heavy atom.